The zero-order valence-electron chi connectivity index (χ0n) is 12.5. The van der Waals surface area contributed by atoms with Crippen LogP contribution in [-0.2, 0) is 0 Å². The summed E-state index contributed by atoms with van der Waals surface area (Å²) in [4.78, 5) is 18.5. The van der Waals surface area contributed by atoms with Gasteiger partial charge in [-0.3, -0.25) is 9.78 Å². The van der Waals surface area contributed by atoms with E-state index < -0.39 is 0 Å². The van der Waals surface area contributed by atoms with E-state index in [1.165, 1.54) is 6.20 Å². The molecule has 5 nitrogen and oxygen atoms in total. The number of aromatic hydroxyl groups is 1. The summed E-state index contributed by atoms with van der Waals surface area (Å²) in [5, 5.41) is 12.6. The van der Waals surface area contributed by atoms with E-state index in [0.717, 1.165) is 30.9 Å². The summed E-state index contributed by atoms with van der Waals surface area (Å²) in [5.74, 6) is 0.210. The van der Waals surface area contributed by atoms with Gasteiger partial charge in [-0.1, -0.05) is 12.1 Å². The highest BCUT2D eigenvalue weighted by molar-refractivity contribution is 5.94. The summed E-state index contributed by atoms with van der Waals surface area (Å²) in [5.41, 5.74) is 2.38. The van der Waals surface area contributed by atoms with Crippen LogP contribution in [0.2, 0.25) is 0 Å². The molecule has 1 fully saturated rings. The van der Waals surface area contributed by atoms with Crippen molar-refractivity contribution >= 4 is 5.91 Å². The molecule has 114 valence electrons. The molecule has 22 heavy (non-hydrogen) atoms. The van der Waals surface area contributed by atoms with Crippen molar-refractivity contribution in [2.45, 2.75) is 13.0 Å². The van der Waals surface area contributed by atoms with E-state index in [1.54, 1.807) is 12.1 Å². The normalized spacial score (nSPS) is 18.2. The second kappa shape index (κ2) is 6.15. The Kier molecular flexibility index (Phi) is 4.06. The topological polar surface area (TPSA) is 65.5 Å². The van der Waals surface area contributed by atoms with E-state index >= 15 is 0 Å². The Balaban J connectivity index is 1.76. The third kappa shape index (κ3) is 3.09. The summed E-state index contributed by atoms with van der Waals surface area (Å²) >= 11 is 0. The molecule has 2 heterocycles. The molecule has 5 heteroatoms. The molecule has 0 spiro atoms. The number of benzene rings is 1. The van der Waals surface area contributed by atoms with E-state index in [1.807, 2.05) is 29.2 Å². The molecule has 0 bridgehead atoms. The third-order valence-corrected chi connectivity index (χ3v) is 3.83. The lowest BCUT2D eigenvalue weighted by atomic mass is 10.1. The summed E-state index contributed by atoms with van der Waals surface area (Å²) in [6.45, 7) is 4.39. The fraction of sp³-hybridized carbons (Fsp3) is 0.294. The highest BCUT2D eigenvalue weighted by Crippen LogP contribution is 2.20. The van der Waals surface area contributed by atoms with Crippen molar-refractivity contribution in [3.63, 3.8) is 0 Å². The van der Waals surface area contributed by atoms with Crippen molar-refractivity contribution in [2.75, 3.05) is 19.6 Å². The van der Waals surface area contributed by atoms with Gasteiger partial charge in [0.2, 0.25) is 0 Å². The van der Waals surface area contributed by atoms with Gasteiger partial charge in [-0.2, -0.15) is 0 Å². The van der Waals surface area contributed by atoms with Crippen molar-refractivity contribution in [3.8, 4) is 17.0 Å². The molecule has 2 aromatic rings. The van der Waals surface area contributed by atoms with E-state index in [0.29, 0.717) is 11.6 Å². The quantitative estimate of drug-likeness (QED) is 0.888. The lowest BCUT2D eigenvalue weighted by molar-refractivity contribution is 0.0709. The maximum atomic E-state index is 12.5. The van der Waals surface area contributed by atoms with Crippen LogP contribution in [0, 0.1) is 0 Å². The van der Waals surface area contributed by atoms with Gasteiger partial charge in [0.25, 0.3) is 5.91 Å². The third-order valence-electron chi connectivity index (χ3n) is 3.83. The van der Waals surface area contributed by atoms with Crippen LogP contribution in [0.15, 0.2) is 42.6 Å². The van der Waals surface area contributed by atoms with Crippen LogP contribution in [0.4, 0.5) is 0 Å². The van der Waals surface area contributed by atoms with Crippen LogP contribution in [-0.4, -0.2) is 46.6 Å². The van der Waals surface area contributed by atoms with Crippen molar-refractivity contribution < 1.29 is 9.90 Å². The second-order valence-electron chi connectivity index (χ2n) is 5.59. The molecule has 0 radical (unpaired) electrons. The molecule has 1 unspecified atom stereocenters. The number of carbonyl (C=O) groups excluding carboxylic acids is 1. The monoisotopic (exact) mass is 297 g/mol. The molecule has 1 aromatic carbocycles. The number of aromatic nitrogens is 1. The first-order valence-electron chi connectivity index (χ1n) is 7.41. The maximum Gasteiger partial charge on any atom is 0.253 e. The number of carbonyl (C=O) groups is 1. The van der Waals surface area contributed by atoms with Crippen molar-refractivity contribution in [2.24, 2.45) is 0 Å². The second-order valence-corrected chi connectivity index (χ2v) is 5.59. The van der Waals surface area contributed by atoms with Gasteiger partial charge in [0.1, 0.15) is 5.75 Å². The van der Waals surface area contributed by atoms with Crippen molar-refractivity contribution in [1.29, 1.82) is 0 Å². The van der Waals surface area contributed by atoms with Crippen LogP contribution < -0.4 is 5.32 Å². The average Bonchev–Trinajstić information content (AvgIpc) is 2.55. The number of nitrogens with one attached hydrogen (secondary N) is 1. The minimum atomic E-state index is 0.0681. The Morgan fingerprint density at radius 3 is 2.68 bits per heavy atom. The zero-order valence-corrected chi connectivity index (χ0v) is 12.5. The van der Waals surface area contributed by atoms with E-state index in [4.69, 9.17) is 0 Å². The van der Waals surface area contributed by atoms with Crippen LogP contribution in [0.1, 0.15) is 17.3 Å². The van der Waals surface area contributed by atoms with Crippen LogP contribution in [0.5, 0.6) is 5.75 Å². The summed E-state index contributed by atoms with van der Waals surface area (Å²) in [6, 6.07) is 11.1. The number of piperazine rings is 1. The van der Waals surface area contributed by atoms with Gasteiger partial charge in [-0.25, -0.2) is 0 Å². The standard InChI is InChI=1S/C17H19N3O2/c1-12-11-20(9-8-18-12)17(22)14-4-2-13(3-5-14)16-7-6-15(21)10-19-16/h2-7,10,12,18,21H,8-9,11H2,1H3. The fourth-order valence-electron chi connectivity index (χ4n) is 2.64. The lowest BCUT2D eigenvalue weighted by Gasteiger charge is -2.32. The minimum Gasteiger partial charge on any atom is -0.506 e. The molecule has 0 saturated carbocycles. The molecule has 3 rings (SSSR count). The number of hydrogen-bond donors (Lipinski definition) is 2. The maximum absolute atomic E-state index is 12.5. The van der Waals surface area contributed by atoms with Gasteiger partial charge >= 0.3 is 0 Å². The largest absolute Gasteiger partial charge is 0.506 e. The number of nitrogens with zero attached hydrogens (tertiary/aromatic N) is 2. The number of amides is 1. The highest BCUT2D eigenvalue weighted by Gasteiger charge is 2.21. The number of pyridine rings is 1. The van der Waals surface area contributed by atoms with Crippen molar-refractivity contribution in [3.05, 3.63) is 48.2 Å². The van der Waals surface area contributed by atoms with Gasteiger partial charge in [0, 0.05) is 36.8 Å². The van der Waals surface area contributed by atoms with Gasteiger partial charge < -0.3 is 15.3 Å². The molecular formula is C17H19N3O2. The molecule has 2 N–H and O–H groups in total. The Hall–Kier alpha value is -2.40. The van der Waals surface area contributed by atoms with E-state index in [-0.39, 0.29) is 11.7 Å². The molecule has 1 aromatic heterocycles. The predicted molar refractivity (Wildman–Crippen MR) is 84.7 cm³/mol. The van der Waals surface area contributed by atoms with Gasteiger partial charge in [-0.15, -0.1) is 0 Å². The Morgan fingerprint density at radius 2 is 2.05 bits per heavy atom. The molecule has 0 aliphatic carbocycles. The molecule has 1 saturated heterocycles. The Bertz CT molecular complexity index is 653. The first-order valence-corrected chi connectivity index (χ1v) is 7.41. The Morgan fingerprint density at radius 1 is 1.27 bits per heavy atom. The van der Waals surface area contributed by atoms with Gasteiger partial charge in [0.05, 0.1) is 11.9 Å². The van der Waals surface area contributed by atoms with Crippen LogP contribution in [0.25, 0.3) is 11.3 Å². The highest BCUT2D eigenvalue weighted by atomic mass is 16.3. The molecule has 1 aliphatic rings. The predicted octanol–water partition coefficient (Wildman–Crippen LogP) is 1.89. The van der Waals surface area contributed by atoms with Crippen LogP contribution >= 0.6 is 0 Å². The Labute approximate surface area is 129 Å². The van der Waals surface area contributed by atoms with Gasteiger partial charge in [-0.05, 0) is 31.2 Å². The molecule has 1 aliphatic heterocycles. The number of hydrogen-bond acceptors (Lipinski definition) is 4. The first-order chi connectivity index (χ1) is 10.6. The lowest BCUT2D eigenvalue weighted by Crippen LogP contribution is -2.51. The zero-order chi connectivity index (χ0) is 15.5. The summed E-state index contributed by atoms with van der Waals surface area (Å²) in [6.07, 6.45) is 1.41. The smallest absolute Gasteiger partial charge is 0.253 e. The number of rotatable bonds is 2. The van der Waals surface area contributed by atoms with Gasteiger partial charge in [0.15, 0.2) is 0 Å². The van der Waals surface area contributed by atoms with E-state index in [2.05, 4.69) is 17.2 Å². The van der Waals surface area contributed by atoms with Crippen molar-refractivity contribution in [1.82, 2.24) is 15.2 Å². The van der Waals surface area contributed by atoms with E-state index in [9.17, 15) is 9.90 Å². The summed E-state index contributed by atoms with van der Waals surface area (Å²) in [7, 11) is 0. The van der Waals surface area contributed by atoms with Crippen LogP contribution in [0.3, 0.4) is 0 Å². The fourth-order valence-corrected chi connectivity index (χ4v) is 2.64. The SMILES string of the molecule is CC1CN(C(=O)c2ccc(-c3ccc(O)cn3)cc2)CCN1. The molecule has 1 atom stereocenters. The molecule has 1 amide bonds. The first kappa shape index (κ1) is 14.5. The summed E-state index contributed by atoms with van der Waals surface area (Å²) < 4.78 is 0. The molecular weight excluding hydrogens is 278 g/mol. The minimum absolute atomic E-state index is 0.0681. The average molecular weight is 297 g/mol.